The molecule has 14 heavy (non-hydrogen) atoms. The fourth-order valence-electron chi connectivity index (χ4n) is 1.19. The van der Waals surface area contributed by atoms with Crippen molar-refractivity contribution in [2.75, 3.05) is 5.73 Å². The lowest BCUT2D eigenvalue weighted by Crippen LogP contribution is -2.07. The Balaban J connectivity index is 1.98. The summed E-state index contributed by atoms with van der Waals surface area (Å²) in [6, 6.07) is 1.96. The van der Waals surface area contributed by atoms with Gasteiger partial charge >= 0.3 is 0 Å². The highest BCUT2D eigenvalue weighted by Gasteiger charge is 2.02. The van der Waals surface area contributed by atoms with Crippen molar-refractivity contribution in [1.29, 1.82) is 0 Å². The average molecular weight is 193 g/mol. The molecule has 7 heteroatoms. The molecule has 0 aliphatic rings. The maximum absolute atomic E-state index is 5.51. The van der Waals surface area contributed by atoms with E-state index in [0.717, 1.165) is 12.1 Å². The molecule has 0 amide bonds. The molecule has 0 aromatic carbocycles. The molecule has 0 bridgehead atoms. The van der Waals surface area contributed by atoms with E-state index in [-0.39, 0.29) is 0 Å². The summed E-state index contributed by atoms with van der Waals surface area (Å²) in [5.74, 6) is 0.334. The smallest absolute Gasteiger partial charge is 0.240 e. The number of rotatable bonds is 3. The van der Waals surface area contributed by atoms with E-state index in [9.17, 15) is 0 Å². The number of aromatic nitrogens is 6. The lowest BCUT2D eigenvalue weighted by molar-refractivity contribution is 0.585. The first-order valence-electron chi connectivity index (χ1n) is 4.26. The summed E-state index contributed by atoms with van der Waals surface area (Å²) in [6.45, 7) is 0.649. The Bertz CT molecular complexity index is 415. The first-order valence-corrected chi connectivity index (χ1v) is 4.26. The molecule has 0 aliphatic heterocycles. The Kier molecular flexibility index (Phi) is 2.13. The molecule has 0 aliphatic carbocycles. The van der Waals surface area contributed by atoms with E-state index in [1.807, 2.05) is 19.3 Å². The number of hydrogen-bond donors (Lipinski definition) is 1. The zero-order chi connectivity index (χ0) is 9.97. The van der Waals surface area contributed by atoms with Crippen molar-refractivity contribution < 1.29 is 0 Å². The van der Waals surface area contributed by atoms with Crippen LogP contribution in [-0.4, -0.2) is 30.0 Å². The molecular formula is C7H11N7. The Hall–Kier alpha value is -1.92. The third-order valence-corrected chi connectivity index (χ3v) is 1.91. The average Bonchev–Trinajstić information content (AvgIpc) is 2.72. The van der Waals surface area contributed by atoms with Gasteiger partial charge in [-0.3, -0.25) is 4.68 Å². The second kappa shape index (κ2) is 3.44. The summed E-state index contributed by atoms with van der Waals surface area (Å²) in [5.41, 5.74) is 6.51. The van der Waals surface area contributed by atoms with Crippen LogP contribution in [0.25, 0.3) is 0 Å². The van der Waals surface area contributed by atoms with E-state index in [4.69, 9.17) is 5.73 Å². The monoisotopic (exact) mass is 193 g/mol. The zero-order valence-electron chi connectivity index (χ0n) is 7.83. The van der Waals surface area contributed by atoms with Crippen molar-refractivity contribution >= 4 is 5.95 Å². The zero-order valence-corrected chi connectivity index (χ0v) is 7.83. The van der Waals surface area contributed by atoms with Crippen LogP contribution in [0.15, 0.2) is 12.3 Å². The van der Waals surface area contributed by atoms with Crippen LogP contribution in [-0.2, 0) is 20.0 Å². The summed E-state index contributed by atoms with van der Waals surface area (Å²) in [7, 11) is 1.88. The molecule has 2 rings (SSSR count). The summed E-state index contributed by atoms with van der Waals surface area (Å²) in [6.07, 6.45) is 2.67. The number of anilines is 1. The summed E-state index contributed by atoms with van der Waals surface area (Å²) < 4.78 is 3.31. The Morgan fingerprint density at radius 3 is 2.93 bits per heavy atom. The van der Waals surface area contributed by atoms with Gasteiger partial charge in [0.1, 0.15) is 0 Å². The van der Waals surface area contributed by atoms with Gasteiger partial charge in [-0.2, -0.15) is 5.10 Å². The Morgan fingerprint density at radius 1 is 1.50 bits per heavy atom. The minimum absolute atomic E-state index is 0.334. The van der Waals surface area contributed by atoms with Crippen molar-refractivity contribution in [2.45, 2.75) is 13.0 Å². The minimum Gasteiger partial charge on any atom is -0.367 e. The molecule has 0 spiro atoms. The lowest BCUT2D eigenvalue weighted by Gasteiger charge is -1.98. The van der Waals surface area contributed by atoms with E-state index < -0.39 is 0 Å². The van der Waals surface area contributed by atoms with Gasteiger partial charge in [-0.05, 0) is 16.5 Å². The second-order valence-corrected chi connectivity index (χ2v) is 2.99. The fraction of sp³-hybridized carbons (Fsp3) is 0.429. The predicted octanol–water partition coefficient (Wildman–Crippen LogP) is -0.769. The van der Waals surface area contributed by atoms with Crippen LogP contribution in [0, 0.1) is 0 Å². The van der Waals surface area contributed by atoms with Crippen molar-refractivity contribution in [3.05, 3.63) is 18.0 Å². The molecular weight excluding hydrogens is 182 g/mol. The van der Waals surface area contributed by atoms with Gasteiger partial charge in [-0.25, -0.2) is 4.68 Å². The molecule has 0 fully saturated rings. The number of nitrogens with two attached hydrogens (primary N) is 1. The van der Waals surface area contributed by atoms with Gasteiger partial charge in [0, 0.05) is 19.7 Å². The molecule has 0 radical (unpaired) electrons. The summed E-state index contributed by atoms with van der Waals surface area (Å²) in [4.78, 5) is 0. The van der Waals surface area contributed by atoms with Gasteiger partial charge in [-0.15, -0.1) is 0 Å². The van der Waals surface area contributed by atoms with Gasteiger partial charge in [0.25, 0.3) is 0 Å². The van der Waals surface area contributed by atoms with Crippen LogP contribution in [0.3, 0.4) is 0 Å². The van der Waals surface area contributed by atoms with Crippen LogP contribution in [0.4, 0.5) is 5.95 Å². The standard InChI is InChI=1S/C7H11N7/c1-13-4-2-6(10-13)3-5-14-7(8)9-11-12-14/h2,4H,3,5H2,1H3,(H2,8,9,12). The molecule has 74 valence electrons. The summed E-state index contributed by atoms with van der Waals surface area (Å²) >= 11 is 0. The molecule has 7 nitrogen and oxygen atoms in total. The van der Waals surface area contributed by atoms with Crippen LogP contribution in [0.2, 0.25) is 0 Å². The molecule has 2 aromatic rings. The van der Waals surface area contributed by atoms with Gasteiger partial charge < -0.3 is 5.73 Å². The maximum Gasteiger partial charge on any atom is 0.240 e. The van der Waals surface area contributed by atoms with Crippen LogP contribution >= 0.6 is 0 Å². The van der Waals surface area contributed by atoms with Gasteiger partial charge in [0.05, 0.1) is 12.2 Å². The highest BCUT2D eigenvalue weighted by Crippen LogP contribution is 1.99. The third kappa shape index (κ3) is 1.70. The molecule has 0 atom stereocenters. The highest BCUT2D eigenvalue weighted by atomic mass is 15.6. The number of nitrogens with zero attached hydrogens (tertiary/aromatic N) is 6. The van der Waals surface area contributed by atoms with Gasteiger partial charge in [0.15, 0.2) is 0 Å². The van der Waals surface area contributed by atoms with Gasteiger partial charge in [-0.1, -0.05) is 5.10 Å². The molecule has 0 saturated heterocycles. The Morgan fingerprint density at radius 2 is 2.36 bits per heavy atom. The molecule has 2 N–H and O–H groups in total. The largest absolute Gasteiger partial charge is 0.367 e. The van der Waals surface area contributed by atoms with Crippen LogP contribution < -0.4 is 5.73 Å². The highest BCUT2D eigenvalue weighted by molar-refractivity contribution is 5.10. The Labute approximate surface area is 80.5 Å². The molecule has 2 aromatic heterocycles. The predicted molar refractivity (Wildman–Crippen MR) is 49.1 cm³/mol. The fourth-order valence-corrected chi connectivity index (χ4v) is 1.19. The van der Waals surface area contributed by atoms with E-state index >= 15 is 0 Å². The SMILES string of the molecule is Cn1ccc(CCn2nnnc2N)n1. The van der Waals surface area contributed by atoms with Crippen LogP contribution in [0.5, 0.6) is 0 Å². The first-order chi connectivity index (χ1) is 6.75. The summed E-state index contributed by atoms with van der Waals surface area (Å²) in [5, 5.41) is 15.0. The number of nitrogen functional groups attached to an aromatic ring is 1. The molecule has 2 heterocycles. The minimum atomic E-state index is 0.334. The van der Waals surface area contributed by atoms with E-state index in [2.05, 4.69) is 20.6 Å². The van der Waals surface area contributed by atoms with Crippen molar-refractivity contribution in [1.82, 2.24) is 30.0 Å². The van der Waals surface area contributed by atoms with Gasteiger partial charge in [0.2, 0.25) is 5.95 Å². The molecule has 0 saturated carbocycles. The quantitative estimate of drug-likeness (QED) is 0.691. The third-order valence-electron chi connectivity index (χ3n) is 1.91. The number of hydrogen-bond acceptors (Lipinski definition) is 5. The second-order valence-electron chi connectivity index (χ2n) is 2.99. The normalized spacial score (nSPS) is 10.6. The van der Waals surface area contributed by atoms with Crippen molar-refractivity contribution in [3.8, 4) is 0 Å². The topological polar surface area (TPSA) is 87.4 Å². The van der Waals surface area contributed by atoms with E-state index in [1.54, 1.807) is 9.36 Å². The number of aryl methyl sites for hydroxylation is 3. The van der Waals surface area contributed by atoms with Crippen molar-refractivity contribution in [3.63, 3.8) is 0 Å². The molecule has 0 unspecified atom stereocenters. The maximum atomic E-state index is 5.51. The van der Waals surface area contributed by atoms with E-state index in [1.165, 1.54) is 0 Å². The lowest BCUT2D eigenvalue weighted by atomic mass is 10.3. The first kappa shape index (κ1) is 8.67. The number of tetrazole rings is 1. The van der Waals surface area contributed by atoms with Crippen LogP contribution in [0.1, 0.15) is 5.69 Å². The van der Waals surface area contributed by atoms with E-state index in [0.29, 0.717) is 12.5 Å². The van der Waals surface area contributed by atoms with Crippen molar-refractivity contribution in [2.24, 2.45) is 7.05 Å².